The van der Waals surface area contributed by atoms with Crippen molar-refractivity contribution in [2.45, 2.75) is 48.1 Å². The zero-order chi connectivity index (χ0) is 34.3. The summed E-state index contributed by atoms with van der Waals surface area (Å²) >= 11 is 1.43. The largest absolute Gasteiger partial charge is 0.486 e. The van der Waals surface area contributed by atoms with Crippen molar-refractivity contribution in [2.24, 2.45) is 0 Å². The van der Waals surface area contributed by atoms with Gasteiger partial charge in [-0.3, -0.25) is 24.5 Å². The van der Waals surface area contributed by atoms with Gasteiger partial charge in [0.25, 0.3) is 11.6 Å². The summed E-state index contributed by atoms with van der Waals surface area (Å²) in [4.78, 5) is 51.2. The van der Waals surface area contributed by atoms with Gasteiger partial charge in [-0.25, -0.2) is 17.4 Å². The highest BCUT2D eigenvalue weighted by atomic mass is 32.2. The third-order valence-electron chi connectivity index (χ3n) is 7.74. The topological polar surface area (TPSA) is 186 Å². The predicted octanol–water partition coefficient (Wildman–Crippen LogP) is 2.40. The molecule has 0 fully saturated rings. The first kappa shape index (κ1) is 34.8. The Morgan fingerprint density at radius 3 is 2.38 bits per heavy atom. The third kappa shape index (κ3) is 8.49. The second kappa shape index (κ2) is 15.6. The van der Waals surface area contributed by atoms with Crippen LogP contribution in [0.2, 0.25) is 0 Å². The minimum atomic E-state index is -3.94. The summed E-state index contributed by atoms with van der Waals surface area (Å²) in [5, 5.41) is 16.2. The lowest BCUT2D eigenvalue weighted by atomic mass is 9.99. The number of ether oxygens (including phenoxy) is 2. The van der Waals surface area contributed by atoms with Crippen molar-refractivity contribution < 1.29 is 37.2 Å². The standard InChI is InChI=1S/C32H35N5O9S2/c1-2-36-26(18-22-19-27-28(20-29(22)47-36)46-16-15-45-27)31(39)35-25(17-21-7-4-3-5-8-21)30(38)32(40)33-13-6-14-34-48(43,44)24-11-9-23(10-12-24)37(41)42/h3-5,7-12,19-20,25-26,34H,2,6,13-18H2,1H3,(H,33,40)(H,35,39)/t25-,26?/m0/s1. The van der Waals surface area contributed by atoms with Crippen LogP contribution in [0.4, 0.5) is 5.69 Å². The molecule has 0 aliphatic carbocycles. The second-order valence-electron chi connectivity index (χ2n) is 11.0. The summed E-state index contributed by atoms with van der Waals surface area (Å²) in [6.07, 6.45) is 0.617. The molecule has 0 saturated heterocycles. The lowest BCUT2D eigenvalue weighted by Gasteiger charge is -2.35. The Morgan fingerprint density at radius 1 is 1.02 bits per heavy atom. The van der Waals surface area contributed by atoms with Crippen molar-refractivity contribution in [3.63, 3.8) is 0 Å². The van der Waals surface area contributed by atoms with E-state index in [2.05, 4.69) is 15.4 Å². The van der Waals surface area contributed by atoms with Crippen LogP contribution in [0, 0.1) is 10.1 Å². The van der Waals surface area contributed by atoms with Crippen LogP contribution in [-0.4, -0.2) is 80.2 Å². The van der Waals surface area contributed by atoms with Crippen LogP contribution in [0.5, 0.6) is 11.5 Å². The summed E-state index contributed by atoms with van der Waals surface area (Å²) in [5.41, 5.74) is 1.43. The molecule has 254 valence electrons. The molecule has 0 spiro atoms. The molecule has 2 aliphatic rings. The van der Waals surface area contributed by atoms with E-state index in [9.17, 15) is 32.9 Å². The number of sulfonamides is 1. The first-order valence-electron chi connectivity index (χ1n) is 15.3. The highest BCUT2D eigenvalue weighted by Gasteiger charge is 2.36. The number of nitrogens with one attached hydrogen (secondary N) is 3. The number of carbonyl (C=O) groups is 3. The number of nitro benzene ring substituents is 1. The number of fused-ring (bicyclic) bond motifs is 2. The lowest BCUT2D eigenvalue weighted by Crippen LogP contribution is -2.54. The number of nitro groups is 1. The van der Waals surface area contributed by atoms with E-state index in [1.807, 2.05) is 29.4 Å². The van der Waals surface area contributed by atoms with Crippen molar-refractivity contribution in [3.8, 4) is 11.5 Å². The second-order valence-corrected chi connectivity index (χ2v) is 13.9. The fourth-order valence-electron chi connectivity index (χ4n) is 5.26. The van der Waals surface area contributed by atoms with Crippen LogP contribution in [0.15, 0.2) is 76.5 Å². The van der Waals surface area contributed by atoms with Gasteiger partial charge in [-0.1, -0.05) is 37.3 Å². The average Bonchev–Trinajstić information content (AvgIpc) is 3.09. The van der Waals surface area contributed by atoms with Crippen molar-refractivity contribution in [3.05, 3.63) is 88.0 Å². The summed E-state index contributed by atoms with van der Waals surface area (Å²) in [6, 6.07) is 15.5. The highest BCUT2D eigenvalue weighted by molar-refractivity contribution is 7.97. The van der Waals surface area contributed by atoms with Gasteiger partial charge in [0.05, 0.1) is 9.82 Å². The number of ketones is 1. The monoisotopic (exact) mass is 697 g/mol. The van der Waals surface area contributed by atoms with E-state index in [4.69, 9.17) is 9.47 Å². The minimum absolute atomic E-state index is 0.0187. The van der Waals surface area contributed by atoms with Gasteiger partial charge in [0, 0.05) is 43.1 Å². The van der Waals surface area contributed by atoms with Crippen LogP contribution >= 0.6 is 11.9 Å². The molecule has 2 heterocycles. The molecule has 2 atom stereocenters. The first-order valence-corrected chi connectivity index (χ1v) is 17.6. The number of Topliss-reactive ketones (excluding diaryl/α,β-unsaturated/α-hetero) is 1. The normalized spacial score (nSPS) is 16.3. The molecule has 3 aromatic rings. The molecule has 5 rings (SSSR count). The zero-order valence-electron chi connectivity index (χ0n) is 26.0. The van der Waals surface area contributed by atoms with Gasteiger partial charge in [0.15, 0.2) is 11.5 Å². The van der Waals surface area contributed by atoms with E-state index in [1.54, 1.807) is 24.3 Å². The molecule has 3 aromatic carbocycles. The Bertz CT molecular complexity index is 1770. The SMILES string of the molecule is CCN1Sc2cc3c(cc2CC1C(=O)N[C@@H](Cc1ccccc1)C(=O)C(=O)NCCCNS(=O)(=O)c1ccc([N+](=O)[O-])cc1)OCCO3. The van der Waals surface area contributed by atoms with E-state index in [1.165, 1.54) is 11.9 Å². The molecule has 2 aliphatic heterocycles. The smallest absolute Gasteiger partial charge is 0.289 e. The van der Waals surface area contributed by atoms with E-state index < -0.39 is 44.6 Å². The van der Waals surface area contributed by atoms with Gasteiger partial charge in [0.2, 0.25) is 21.7 Å². The Hall–Kier alpha value is -4.51. The van der Waals surface area contributed by atoms with Crippen molar-refractivity contribution >= 4 is 45.3 Å². The molecule has 14 nitrogen and oxygen atoms in total. The summed E-state index contributed by atoms with van der Waals surface area (Å²) in [6.45, 7) is 3.30. The quantitative estimate of drug-likeness (QED) is 0.0739. The van der Waals surface area contributed by atoms with E-state index in [0.29, 0.717) is 37.7 Å². The fraction of sp³-hybridized carbons (Fsp3) is 0.344. The zero-order valence-corrected chi connectivity index (χ0v) is 27.7. The number of nitrogens with zero attached hydrogens (tertiary/aromatic N) is 2. The summed E-state index contributed by atoms with van der Waals surface area (Å²) < 4.78 is 40.8. The van der Waals surface area contributed by atoms with Gasteiger partial charge >= 0.3 is 0 Å². The van der Waals surface area contributed by atoms with Crippen LogP contribution in [0.1, 0.15) is 24.5 Å². The molecule has 16 heteroatoms. The molecule has 0 aromatic heterocycles. The average molecular weight is 698 g/mol. The van der Waals surface area contributed by atoms with Crippen molar-refractivity contribution in [1.29, 1.82) is 0 Å². The number of hydrogen-bond acceptors (Lipinski definition) is 11. The van der Waals surface area contributed by atoms with Crippen LogP contribution in [-0.2, 0) is 37.2 Å². The minimum Gasteiger partial charge on any atom is -0.486 e. The maximum atomic E-state index is 13.8. The molecular weight excluding hydrogens is 663 g/mol. The van der Waals surface area contributed by atoms with E-state index in [0.717, 1.165) is 40.3 Å². The Labute approximate surface area is 281 Å². The van der Waals surface area contributed by atoms with E-state index in [-0.39, 0.29) is 36.5 Å². The molecule has 48 heavy (non-hydrogen) atoms. The fourth-order valence-corrected chi connectivity index (χ4v) is 7.44. The number of benzene rings is 3. The van der Waals surface area contributed by atoms with Crippen LogP contribution in [0.3, 0.4) is 0 Å². The number of likely N-dealkylation sites (N-methyl/N-ethyl adjacent to an activating group) is 1. The number of carbonyl (C=O) groups excluding carboxylic acids is 3. The number of non-ortho nitro benzene ring substituents is 1. The molecule has 0 saturated carbocycles. The number of hydrogen-bond donors (Lipinski definition) is 3. The van der Waals surface area contributed by atoms with Gasteiger partial charge in [-0.2, -0.15) is 0 Å². The van der Waals surface area contributed by atoms with Gasteiger partial charge in [-0.15, -0.1) is 0 Å². The first-order chi connectivity index (χ1) is 23.1. The molecule has 0 radical (unpaired) electrons. The van der Waals surface area contributed by atoms with Gasteiger partial charge in [-0.05, 0) is 60.2 Å². The lowest BCUT2D eigenvalue weighted by molar-refractivity contribution is -0.384. The Morgan fingerprint density at radius 2 is 1.71 bits per heavy atom. The summed E-state index contributed by atoms with van der Waals surface area (Å²) in [5.74, 6) is -0.850. The van der Waals surface area contributed by atoms with Gasteiger partial charge in [0.1, 0.15) is 25.3 Å². The maximum absolute atomic E-state index is 13.8. The number of rotatable bonds is 14. The highest BCUT2D eigenvalue weighted by Crippen LogP contribution is 2.42. The molecular formula is C32H35N5O9S2. The summed E-state index contributed by atoms with van der Waals surface area (Å²) in [7, 11) is -3.94. The number of amides is 2. The van der Waals surface area contributed by atoms with Crippen LogP contribution in [0.25, 0.3) is 0 Å². The third-order valence-corrected chi connectivity index (χ3v) is 10.5. The Balaban J connectivity index is 1.20. The van der Waals surface area contributed by atoms with Crippen LogP contribution < -0.4 is 24.8 Å². The Kier molecular flexibility index (Phi) is 11.3. The molecule has 2 amide bonds. The van der Waals surface area contributed by atoms with Crippen molar-refractivity contribution in [1.82, 2.24) is 19.7 Å². The van der Waals surface area contributed by atoms with Gasteiger partial charge < -0.3 is 20.1 Å². The van der Waals surface area contributed by atoms with E-state index >= 15 is 0 Å². The molecule has 0 bridgehead atoms. The predicted molar refractivity (Wildman–Crippen MR) is 176 cm³/mol. The van der Waals surface area contributed by atoms with Crippen molar-refractivity contribution in [2.75, 3.05) is 32.8 Å². The maximum Gasteiger partial charge on any atom is 0.289 e. The molecule has 3 N–H and O–H groups in total. The molecule has 1 unspecified atom stereocenters.